The molecule has 1 heterocycles. The molecule has 0 fully saturated rings. The summed E-state index contributed by atoms with van der Waals surface area (Å²) in [7, 11) is 0. The number of ether oxygens (including phenoxy) is 1. The van der Waals surface area contributed by atoms with Gasteiger partial charge in [0.2, 0.25) is 0 Å². The SMILES string of the molecule is CCOc1ccc([C@@H](C)NC(=O)c2nc(SC)ncc2Cl)cc1. The summed E-state index contributed by atoms with van der Waals surface area (Å²) in [6.45, 7) is 4.46. The monoisotopic (exact) mass is 351 g/mol. The van der Waals surface area contributed by atoms with E-state index in [0.717, 1.165) is 11.3 Å². The molecule has 0 unspecified atom stereocenters. The van der Waals surface area contributed by atoms with Gasteiger partial charge in [0.25, 0.3) is 5.91 Å². The number of nitrogens with one attached hydrogen (secondary N) is 1. The van der Waals surface area contributed by atoms with Crippen molar-refractivity contribution in [3.05, 3.63) is 46.7 Å². The predicted octanol–water partition coefficient (Wildman–Crippen LogP) is 3.74. The summed E-state index contributed by atoms with van der Waals surface area (Å²) >= 11 is 7.38. The molecule has 23 heavy (non-hydrogen) atoms. The summed E-state index contributed by atoms with van der Waals surface area (Å²) in [5.74, 6) is 0.479. The standard InChI is InChI=1S/C16H18ClN3O2S/c1-4-22-12-7-5-11(6-8-12)10(2)19-15(21)14-13(17)9-18-16(20-14)23-3/h5-10H,4H2,1-3H3,(H,19,21)/t10-/m1/s1. The molecule has 0 saturated carbocycles. The zero-order valence-electron chi connectivity index (χ0n) is 13.2. The Bertz CT molecular complexity index is 680. The second-order valence-corrected chi connectivity index (χ2v) is 5.93. The van der Waals surface area contributed by atoms with Crippen LogP contribution in [0, 0.1) is 0 Å². The highest BCUT2D eigenvalue weighted by molar-refractivity contribution is 7.98. The van der Waals surface area contributed by atoms with Gasteiger partial charge in [-0.15, -0.1) is 0 Å². The average molecular weight is 352 g/mol. The molecule has 0 aliphatic carbocycles. The minimum Gasteiger partial charge on any atom is -0.494 e. The number of hydrogen-bond acceptors (Lipinski definition) is 5. The van der Waals surface area contributed by atoms with E-state index in [1.54, 1.807) is 0 Å². The lowest BCUT2D eigenvalue weighted by atomic mass is 10.1. The third kappa shape index (κ3) is 4.59. The summed E-state index contributed by atoms with van der Waals surface area (Å²) in [6.07, 6.45) is 3.28. The van der Waals surface area contributed by atoms with Crippen molar-refractivity contribution >= 4 is 29.3 Å². The molecule has 1 aromatic carbocycles. The van der Waals surface area contributed by atoms with Gasteiger partial charge in [0.1, 0.15) is 5.75 Å². The molecule has 1 aromatic heterocycles. The van der Waals surface area contributed by atoms with Crippen molar-refractivity contribution in [2.45, 2.75) is 25.0 Å². The van der Waals surface area contributed by atoms with Gasteiger partial charge in [0.15, 0.2) is 10.9 Å². The van der Waals surface area contributed by atoms with Gasteiger partial charge in [-0.05, 0) is 37.8 Å². The second kappa shape index (κ2) is 8.17. The number of rotatable bonds is 6. The molecule has 1 N–H and O–H groups in total. The van der Waals surface area contributed by atoms with Crippen LogP contribution in [0.25, 0.3) is 0 Å². The van der Waals surface area contributed by atoms with E-state index in [-0.39, 0.29) is 22.7 Å². The van der Waals surface area contributed by atoms with E-state index in [1.165, 1.54) is 18.0 Å². The first-order valence-corrected chi connectivity index (χ1v) is 8.75. The fourth-order valence-electron chi connectivity index (χ4n) is 1.98. The van der Waals surface area contributed by atoms with Gasteiger partial charge in [0.05, 0.1) is 23.9 Å². The molecule has 1 atom stereocenters. The van der Waals surface area contributed by atoms with E-state index in [2.05, 4.69) is 15.3 Å². The molecule has 5 nitrogen and oxygen atoms in total. The van der Waals surface area contributed by atoms with Crippen LogP contribution in [0.3, 0.4) is 0 Å². The van der Waals surface area contributed by atoms with Crippen molar-refractivity contribution in [3.63, 3.8) is 0 Å². The van der Waals surface area contributed by atoms with E-state index in [9.17, 15) is 4.79 Å². The van der Waals surface area contributed by atoms with Crippen molar-refractivity contribution in [2.75, 3.05) is 12.9 Å². The first-order chi connectivity index (χ1) is 11.0. The van der Waals surface area contributed by atoms with Crippen molar-refractivity contribution in [1.29, 1.82) is 0 Å². The molecular formula is C16H18ClN3O2S. The average Bonchev–Trinajstić information content (AvgIpc) is 2.56. The molecule has 2 rings (SSSR count). The van der Waals surface area contributed by atoms with E-state index < -0.39 is 0 Å². The second-order valence-electron chi connectivity index (χ2n) is 4.75. The Kier molecular flexibility index (Phi) is 6.24. The zero-order chi connectivity index (χ0) is 16.8. The quantitative estimate of drug-likeness (QED) is 0.634. The molecular weight excluding hydrogens is 334 g/mol. The molecule has 0 aliphatic rings. The molecule has 0 spiro atoms. The Balaban J connectivity index is 2.10. The number of aromatic nitrogens is 2. The van der Waals surface area contributed by atoms with Gasteiger partial charge in [-0.3, -0.25) is 4.79 Å². The highest BCUT2D eigenvalue weighted by Gasteiger charge is 2.17. The third-order valence-electron chi connectivity index (χ3n) is 3.16. The third-order valence-corrected chi connectivity index (χ3v) is 4.00. The lowest BCUT2D eigenvalue weighted by molar-refractivity contribution is 0.0934. The lowest BCUT2D eigenvalue weighted by Gasteiger charge is -2.15. The zero-order valence-corrected chi connectivity index (χ0v) is 14.7. The first kappa shape index (κ1) is 17.6. The molecule has 1 amide bonds. The van der Waals surface area contributed by atoms with E-state index in [1.807, 2.05) is 44.4 Å². The minimum absolute atomic E-state index is 0.179. The molecule has 2 aromatic rings. The number of benzene rings is 1. The highest BCUT2D eigenvalue weighted by Crippen LogP contribution is 2.20. The van der Waals surface area contributed by atoms with Crippen LogP contribution in [0.5, 0.6) is 5.75 Å². The topological polar surface area (TPSA) is 64.1 Å². The number of nitrogens with zero attached hydrogens (tertiary/aromatic N) is 2. The molecule has 122 valence electrons. The number of halogens is 1. The Morgan fingerprint density at radius 3 is 2.70 bits per heavy atom. The normalized spacial score (nSPS) is 11.8. The van der Waals surface area contributed by atoms with Crippen LogP contribution in [0.1, 0.15) is 35.9 Å². The van der Waals surface area contributed by atoms with Crippen LogP contribution in [-0.4, -0.2) is 28.7 Å². The van der Waals surface area contributed by atoms with Crippen LogP contribution in [0.2, 0.25) is 5.02 Å². The van der Waals surface area contributed by atoms with E-state index >= 15 is 0 Å². The van der Waals surface area contributed by atoms with Crippen molar-refractivity contribution in [2.24, 2.45) is 0 Å². The number of hydrogen-bond donors (Lipinski definition) is 1. The molecule has 7 heteroatoms. The summed E-state index contributed by atoms with van der Waals surface area (Å²) in [6, 6.07) is 7.42. The maximum absolute atomic E-state index is 12.4. The Morgan fingerprint density at radius 2 is 2.09 bits per heavy atom. The number of amides is 1. The molecule has 0 aliphatic heterocycles. The van der Waals surface area contributed by atoms with Gasteiger partial charge in [-0.25, -0.2) is 9.97 Å². The largest absolute Gasteiger partial charge is 0.494 e. The van der Waals surface area contributed by atoms with Crippen LogP contribution in [0.4, 0.5) is 0 Å². The van der Waals surface area contributed by atoms with Gasteiger partial charge < -0.3 is 10.1 Å². The smallest absolute Gasteiger partial charge is 0.272 e. The van der Waals surface area contributed by atoms with Gasteiger partial charge in [-0.2, -0.15) is 0 Å². The summed E-state index contributed by atoms with van der Waals surface area (Å²) in [4.78, 5) is 20.6. The Hall–Kier alpha value is -1.79. The number of carbonyl (C=O) groups excluding carboxylic acids is 1. The summed E-state index contributed by atoms with van der Waals surface area (Å²) in [5.41, 5.74) is 1.15. The fourth-order valence-corrected chi connectivity index (χ4v) is 2.49. The van der Waals surface area contributed by atoms with Crippen LogP contribution < -0.4 is 10.1 Å². The Morgan fingerprint density at radius 1 is 1.39 bits per heavy atom. The van der Waals surface area contributed by atoms with Crippen LogP contribution in [0.15, 0.2) is 35.6 Å². The van der Waals surface area contributed by atoms with Gasteiger partial charge in [-0.1, -0.05) is 35.5 Å². The van der Waals surface area contributed by atoms with Crippen molar-refractivity contribution in [3.8, 4) is 5.75 Å². The van der Waals surface area contributed by atoms with Crippen LogP contribution >= 0.6 is 23.4 Å². The maximum atomic E-state index is 12.4. The lowest BCUT2D eigenvalue weighted by Crippen LogP contribution is -2.28. The van der Waals surface area contributed by atoms with Crippen LogP contribution in [-0.2, 0) is 0 Å². The Labute approximate surface area is 144 Å². The first-order valence-electron chi connectivity index (χ1n) is 7.15. The summed E-state index contributed by atoms with van der Waals surface area (Å²) < 4.78 is 5.41. The van der Waals surface area contributed by atoms with Crippen molar-refractivity contribution in [1.82, 2.24) is 15.3 Å². The minimum atomic E-state index is -0.325. The van der Waals surface area contributed by atoms with Crippen molar-refractivity contribution < 1.29 is 9.53 Å². The number of thioether (sulfide) groups is 1. The molecule has 0 bridgehead atoms. The fraction of sp³-hybridized carbons (Fsp3) is 0.312. The summed E-state index contributed by atoms with van der Waals surface area (Å²) in [5, 5.41) is 3.64. The van der Waals surface area contributed by atoms with Gasteiger partial charge in [0, 0.05) is 0 Å². The highest BCUT2D eigenvalue weighted by atomic mass is 35.5. The molecule has 0 radical (unpaired) electrons. The van der Waals surface area contributed by atoms with E-state index in [4.69, 9.17) is 16.3 Å². The van der Waals surface area contributed by atoms with E-state index in [0.29, 0.717) is 11.8 Å². The predicted molar refractivity (Wildman–Crippen MR) is 92.3 cm³/mol. The van der Waals surface area contributed by atoms with Gasteiger partial charge >= 0.3 is 0 Å². The number of carbonyl (C=O) groups is 1. The maximum Gasteiger partial charge on any atom is 0.272 e. The molecule has 0 saturated heterocycles.